The molecule has 72 valence electrons. The van der Waals surface area contributed by atoms with E-state index >= 15 is 0 Å². The van der Waals surface area contributed by atoms with Crippen molar-refractivity contribution in [3.8, 4) is 0 Å². The standard InChI is InChI=1S/C11H18NP/c1-4-11(12(2)3)9-5-7-10(13)8-6-9/h5-8,11H,4,13H2,1-3H3. The Labute approximate surface area is 83.3 Å². The Morgan fingerprint density at radius 2 is 1.77 bits per heavy atom. The first-order valence-electron chi connectivity index (χ1n) is 4.67. The van der Waals surface area contributed by atoms with E-state index in [9.17, 15) is 0 Å². The van der Waals surface area contributed by atoms with Crippen LogP contribution in [-0.4, -0.2) is 19.0 Å². The highest BCUT2D eigenvalue weighted by atomic mass is 31.0. The SMILES string of the molecule is CCC(c1ccc(P)cc1)N(C)C. The summed E-state index contributed by atoms with van der Waals surface area (Å²) in [5.74, 6) is 0. The Morgan fingerprint density at radius 3 is 2.15 bits per heavy atom. The van der Waals surface area contributed by atoms with Gasteiger partial charge in [0.05, 0.1) is 0 Å². The minimum absolute atomic E-state index is 0.547. The van der Waals surface area contributed by atoms with Gasteiger partial charge in [0.1, 0.15) is 0 Å². The fourth-order valence-electron chi connectivity index (χ4n) is 1.62. The lowest BCUT2D eigenvalue weighted by molar-refractivity contribution is 0.292. The average Bonchev–Trinajstić information content (AvgIpc) is 2.09. The molecule has 1 aromatic carbocycles. The van der Waals surface area contributed by atoms with Gasteiger partial charge in [-0.05, 0) is 31.4 Å². The molecule has 1 nitrogen and oxygen atoms in total. The predicted molar refractivity (Wildman–Crippen MR) is 62.5 cm³/mol. The van der Waals surface area contributed by atoms with Gasteiger partial charge in [-0.3, -0.25) is 0 Å². The molecule has 0 spiro atoms. The summed E-state index contributed by atoms with van der Waals surface area (Å²) in [4.78, 5) is 2.26. The van der Waals surface area contributed by atoms with E-state index in [1.54, 1.807) is 0 Å². The molecule has 0 aromatic heterocycles. The van der Waals surface area contributed by atoms with E-state index in [1.807, 2.05) is 0 Å². The van der Waals surface area contributed by atoms with Crippen LogP contribution < -0.4 is 5.30 Å². The fourth-order valence-corrected chi connectivity index (χ4v) is 1.81. The first-order valence-corrected chi connectivity index (χ1v) is 5.24. The average molecular weight is 195 g/mol. The summed E-state index contributed by atoms with van der Waals surface area (Å²) in [7, 11) is 6.97. The van der Waals surface area contributed by atoms with Crippen LogP contribution in [0.1, 0.15) is 24.9 Å². The van der Waals surface area contributed by atoms with E-state index in [4.69, 9.17) is 0 Å². The maximum absolute atomic E-state index is 2.71. The van der Waals surface area contributed by atoms with Gasteiger partial charge in [-0.15, -0.1) is 9.24 Å². The number of benzene rings is 1. The lowest BCUT2D eigenvalue weighted by Crippen LogP contribution is -2.19. The van der Waals surface area contributed by atoms with Crippen LogP contribution in [0.25, 0.3) is 0 Å². The van der Waals surface area contributed by atoms with Crippen molar-refractivity contribution in [3.63, 3.8) is 0 Å². The van der Waals surface area contributed by atoms with E-state index in [-0.39, 0.29) is 0 Å². The van der Waals surface area contributed by atoms with Gasteiger partial charge in [0.2, 0.25) is 0 Å². The molecule has 2 unspecified atom stereocenters. The third-order valence-electron chi connectivity index (χ3n) is 2.33. The van der Waals surface area contributed by atoms with E-state index < -0.39 is 0 Å². The molecule has 0 aliphatic carbocycles. The van der Waals surface area contributed by atoms with Gasteiger partial charge in [-0.2, -0.15) is 0 Å². The zero-order valence-corrected chi connectivity index (χ0v) is 9.77. The first-order chi connectivity index (χ1) is 6.15. The summed E-state index contributed by atoms with van der Waals surface area (Å²) in [6.45, 7) is 2.22. The van der Waals surface area contributed by atoms with Gasteiger partial charge in [-0.1, -0.05) is 31.2 Å². The van der Waals surface area contributed by atoms with Crippen molar-refractivity contribution in [2.45, 2.75) is 19.4 Å². The molecule has 0 saturated heterocycles. The number of hydrogen-bond acceptors (Lipinski definition) is 1. The molecule has 0 saturated carbocycles. The molecular formula is C11H18NP. The van der Waals surface area contributed by atoms with E-state index in [2.05, 4.69) is 59.4 Å². The first kappa shape index (κ1) is 10.7. The minimum atomic E-state index is 0.547. The van der Waals surface area contributed by atoms with Crippen molar-refractivity contribution in [1.82, 2.24) is 4.90 Å². The summed E-state index contributed by atoms with van der Waals surface area (Å²) in [6.07, 6.45) is 1.16. The molecule has 0 aliphatic heterocycles. The predicted octanol–water partition coefficient (Wildman–Crippen LogP) is 2.20. The Bertz CT molecular complexity index is 253. The highest BCUT2D eigenvalue weighted by Gasteiger charge is 2.10. The minimum Gasteiger partial charge on any atom is -0.302 e. The third-order valence-corrected chi connectivity index (χ3v) is 2.72. The maximum atomic E-state index is 2.71. The molecule has 0 N–H and O–H groups in total. The molecule has 0 amide bonds. The van der Waals surface area contributed by atoms with Crippen LogP contribution >= 0.6 is 9.24 Å². The zero-order valence-electron chi connectivity index (χ0n) is 8.62. The Balaban J connectivity index is 2.86. The van der Waals surface area contributed by atoms with E-state index in [1.165, 1.54) is 10.9 Å². The summed E-state index contributed by atoms with van der Waals surface area (Å²) >= 11 is 0. The van der Waals surface area contributed by atoms with Gasteiger partial charge in [0.25, 0.3) is 0 Å². The van der Waals surface area contributed by atoms with Crippen LogP contribution in [0.5, 0.6) is 0 Å². The summed E-state index contributed by atoms with van der Waals surface area (Å²) < 4.78 is 0. The van der Waals surface area contributed by atoms with Crippen LogP contribution in [-0.2, 0) is 0 Å². The maximum Gasteiger partial charge on any atom is 0.0339 e. The van der Waals surface area contributed by atoms with Gasteiger partial charge in [0, 0.05) is 6.04 Å². The summed E-state index contributed by atoms with van der Waals surface area (Å²) in [5, 5.41) is 1.25. The third kappa shape index (κ3) is 2.79. The highest BCUT2D eigenvalue weighted by molar-refractivity contribution is 7.27. The van der Waals surface area contributed by atoms with Crippen LogP contribution in [0.2, 0.25) is 0 Å². The van der Waals surface area contributed by atoms with Crippen molar-refractivity contribution in [1.29, 1.82) is 0 Å². The molecule has 0 bridgehead atoms. The zero-order chi connectivity index (χ0) is 9.84. The van der Waals surface area contributed by atoms with E-state index in [0.717, 1.165) is 6.42 Å². The topological polar surface area (TPSA) is 3.24 Å². The van der Waals surface area contributed by atoms with Crippen LogP contribution in [0.4, 0.5) is 0 Å². The molecule has 0 aliphatic rings. The second-order valence-electron chi connectivity index (χ2n) is 3.55. The smallest absolute Gasteiger partial charge is 0.0339 e. The van der Waals surface area contributed by atoms with Crippen LogP contribution in [0, 0.1) is 0 Å². The molecule has 0 fully saturated rings. The molecule has 0 heterocycles. The van der Waals surface area contributed by atoms with Gasteiger partial charge in [-0.25, -0.2) is 0 Å². The van der Waals surface area contributed by atoms with Gasteiger partial charge < -0.3 is 4.90 Å². The van der Waals surface area contributed by atoms with Crippen molar-refractivity contribution >= 4 is 14.5 Å². The van der Waals surface area contributed by atoms with Crippen molar-refractivity contribution in [3.05, 3.63) is 29.8 Å². The highest BCUT2D eigenvalue weighted by Crippen LogP contribution is 2.20. The lowest BCUT2D eigenvalue weighted by atomic mass is 10.0. The van der Waals surface area contributed by atoms with Crippen LogP contribution in [0.3, 0.4) is 0 Å². The normalized spacial score (nSPS) is 13.3. The quantitative estimate of drug-likeness (QED) is 0.668. The Kier molecular flexibility index (Phi) is 3.90. The molecule has 0 radical (unpaired) electrons. The second-order valence-corrected chi connectivity index (χ2v) is 4.22. The fraction of sp³-hybridized carbons (Fsp3) is 0.455. The summed E-state index contributed by atoms with van der Waals surface area (Å²) in [5.41, 5.74) is 1.40. The Hall–Kier alpha value is -0.390. The van der Waals surface area contributed by atoms with Gasteiger partial charge >= 0.3 is 0 Å². The van der Waals surface area contributed by atoms with Crippen molar-refractivity contribution in [2.75, 3.05) is 14.1 Å². The van der Waals surface area contributed by atoms with Crippen LogP contribution in [0.15, 0.2) is 24.3 Å². The van der Waals surface area contributed by atoms with Crippen molar-refractivity contribution in [2.24, 2.45) is 0 Å². The van der Waals surface area contributed by atoms with Gasteiger partial charge in [0.15, 0.2) is 0 Å². The second kappa shape index (κ2) is 4.74. The lowest BCUT2D eigenvalue weighted by Gasteiger charge is -2.23. The van der Waals surface area contributed by atoms with E-state index in [0.29, 0.717) is 6.04 Å². The molecule has 13 heavy (non-hydrogen) atoms. The number of rotatable bonds is 3. The molecule has 1 aromatic rings. The molecule has 2 atom stereocenters. The number of hydrogen-bond donors (Lipinski definition) is 0. The summed E-state index contributed by atoms with van der Waals surface area (Å²) in [6, 6.07) is 9.25. The monoisotopic (exact) mass is 195 g/mol. The largest absolute Gasteiger partial charge is 0.302 e. The van der Waals surface area contributed by atoms with Crippen molar-refractivity contribution < 1.29 is 0 Å². The molecule has 2 heteroatoms. The number of nitrogens with zero attached hydrogens (tertiary/aromatic N) is 1. The Morgan fingerprint density at radius 1 is 1.23 bits per heavy atom. The molecular weight excluding hydrogens is 177 g/mol. The molecule has 1 rings (SSSR count).